The molecule has 0 N–H and O–H groups in total. The number of rotatable bonds is 3. The Morgan fingerprint density at radius 3 is 1.18 bits per heavy atom. The Balaban J connectivity index is 0.000000162. The topological polar surface area (TPSA) is 0 Å². The minimum atomic E-state index is 1.27. The SMILES string of the molecule is Cc1ccc(-c2ccc(C)c(-c3ccccc3C)c2)cc1.Cc1ccccc1.c1ccc(-c2ccccc2)cc1. The van der Waals surface area contributed by atoms with Crippen LogP contribution in [-0.2, 0) is 0 Å². The van der Waals surface area contributed by atoms with Crippen molar-refractivity contribution in [3.05, 3.63) is 180 Å². The first kappa shape index (κ1) is 28.3. The third kappa shape index (κ3) is 8.16. The fraction of sp³-hybridized carbons (Fsp3) is 0.100. The van der Waals surface area contributed by atoms with Gasteiger partial charge < -0.3 is 0 Å². The van der Waals surface area contributed by atoms with Crippen molar-refractivity contribution in [1.29, 1.82) is 0 Å². The van der Waals surface area contributed by atoms with Crippen molar-refractivity contribution in [3.8, 4) is 33.4 Å². The largest absolute Gasteiger partial charge is 0.0622 e. The Morgan fingerprint density at radius 2 is 0.675 bits per heavy atom. The molecule has 0 aromatic heterocycles. The molecule has 0 spiro atoms. The van der Waals surface area contributed by atoms with Gasteiger partial charge in [0.2, 0.25) is 0 Å². The van der Waals surface area contributed by atoms with Gasteiger partial charge in [-0.15, -0.1) is 0 Å². The van der Waals surface area contributed by atoms with Crippen molar-refractivity contribution in [2.24, 2.45) is 0 Å². The van der Waals surface area contributed by atoms with Crippen molar-refractivity contribution < 1.29 is 0 Å². The standard InChI is InChI=1S/C21H20.C12H10.C7H8/c1-15-8-11-18(12-9-15)19-13-10-17(3)21(14-19)20-7-5-4-6-16(20)2;1-3-7-11(8-4-1)12-9-5-2-6-10-12;1-7-5-3-2-4-6-7/h4-14H,1-3H3;1-10H;2-6H,1H3. The van der Waals surface area contributed by atoms with Crippen molar-refractivity contribution in [2.45, 2.75) is 27.7 Å². The molecule has 0 saturated carbocycles. The Labute approximate surface area is 240 Å². The molecule has 6 rings (SSSR count). The second-order valence-electron chi connectivity index (χ2n) is 10.1. The predicted octanol–water partition coefficient (Wildman–Crippen LogP) is 11.3. The Kier molecular flexibility index (Phi) is 10.2. The van der Waals surface area contributed by atoms with Gasteiger partial charge in [0.15, 0.2) is 0 Å². The molecular formula is C40H38. The summed E-state index contributed by atoms with van der Waals surface area (Å²) in [6.45, 7) is 8.56. The molecule has 0 nitrogen and oxygen atoms in total. The van der Waals surface area contributed by atoms with Crippen LogP contribution in [0.25, 0.3) is 33.4 Å². The molecular weight excluding hydrogens is 480 g/mol. The molecule has 0 unspecified atom stereocenters. The maximum atomic E-state index is 2.31. The van der Waals surface area contributed by atoms with Crippen LogP contribution >= 0.6 is 0 Å². The van der Waals surface area contributed by atoms with E-state index in [1.165, 1.54) is 55.6 Å². The minimum absolute atomic E-state index is 1.27. The molecule has 6 aromatic rings. The summed E-state index contributed by atoms with van der Waals surface area (Å²) < 4.78 is 0. The molecule has 0 aliphatic heterocycles. The lowest BCUT2D eigenvalue weighted by Gasteiger charge is -2.12. The van der Waals surface area contributed by atoms with Gasteiger partial charge in [-0.2, -0.15) is 0 Å². The maximum Gasteiger partial charge on any atom is -0.0146 e. The van der Waals surface area contributed by atoms with E-state index in [2.05, 4.69) is 155 Å². The first-order valence-corrected chi connectivity index (χ1v) is 13.9. The molecule has 0 heterocycles. The summed E-state index contributed by atoms with van der Waals surface area (Å²) in [6, 6.07) is 55.1. The van der Waals surface area contributed by atoms with Crippen LogP contribution in [0.5, 0.6) is 0 Å². The summed E-state index contributed by atoms with van der Waals surface area (Å²) in [6.07, 6.45) is 0. The van der Waals surface area contributed by atoms with E-state index in [9.17, 15) is 0 Å². The number of hydrogen-bond acceptors (Lipinski definition) is 0. The Hall–Kier alpha value is -4.68. The van der Waals surface area contributed by atoms with E-state index in [0.29, 0.717) is 0 Å². The smallest absolute Gasteiger partial charge is 0.0146 e. The number of aryl methyl sites for hydroxylation is 4. The highest BCUT2D eigenvalue weighted by Gasteiger charge is 2.07. The quantitative estimate of drug-likeness (QED) is 0.218. The van der Waals surface area contributed by atoms with Crippen LogP contribution in [0.1, 0.15) is 22.3 Å². The van der Waals surface area contributed by atoms with E-state index in [4.69, 9.17) is 0 Å². The lowest BCUT2D eigenvalue weighted by atomic mass is 9.93. The number of hydrogen-bond donors (Lipinski definition) is 0. The molecule has 0 aliphatic carbocycles. The second kappa shape index (κ2) is 14.5. The summed E-state index contributed by atoms with van der Waals surface area (Å²) >= 11 is 0. The molecule has 6 aromatic carbocycles. The minimum Gasteiger partial charge on any atom is -0.0622 e. The Morgan fingerprint density at radius 1 is 0.275 bits per heavy atom. The average Bonchev–Trinajstić information content (AvgIpc) is 3.00. The van der Waals surface area contributed by atoms with Gasteiger partial charge in [0.1, 0.15) is 0 Å². The monoisotopic (exact) mass is 518 g/mol. The summed E-state index contributed by atoms with van der Waals surface area (Å²) in [5.74, 6) is 0. The van der Waals surface area contributed by atoms with Crippen molar-refractivity contribution in [2.75, 3.05) is 0 Å². The van der Waals surface area contributed by atoms with E-state index >= 15 is 0 Å². The lowest BCUT2D eigenvalue weighted by Crippen LogP contribution is -1.88. The summed E-state index contributed by atoms with van der Waals surface area (Å²) in [7, 11) is 0. The molecule has 0 fully saturated rings. The van der Waals surface area contributed by atoms with Crippen LogP contribution in [0.3, 0.4) is 0 Å². The third-order valence-electron chi connectivity index (χ3n) is 6.88. The van der Waals surface area contributed by atoms with Gasteiger partial charge in [-0.05, 0) is 78.3 Å². The Bertz CT molecular complexity index is 1540. The van der Waals surface area contributed by atoms with Gasteiger partial charge in [0, 0.05) is 0 Å². The van der Waals surface area contributed by atoms with Crippen LogP contribution in [0.15, 0.2) is 158 Å². The molecule has 0 aliphatic rings. The highest BCUT2D eigenvalue weighted by molar-refractivity contribution is 5.77. The normalized spacial score (nSPS) is 10.0. The van der Waals surface area contributed by atoms with Gasteiger partial charge in [-0.3, -0.25) is 0 Å². The molecule has 0 radical (unpaired) electrons. The van der Waals surface area contributed by atoms with Gasteiger partial charge in [-0.25, -0.2) is 0 Å². The van der Waals surface area contributed by atoms with Crippen molar-refractivity contribution in [3.63, 3.8) is 0 Å². The number of benzene rings is 6. The highest BCUT2D eigenvalue weighted by atomic mass is 14.1. The zero-order chi connectivity index (χ0) is 28.2. The van der Waals surface area contributed by atoms with Gasteiger partial charge in [0.25, 0.3) is 0 Å². The van der Waals surface area contributed by atoms with Crippen LogP contribution in [0.4, 0.5) is 0 Å². The average molecular weight is 519 g/mol. The fourth-order valence-electron chi connectivity index (χ4n) is 4.51. The highest BCUT2D eigenvalue weighted by Crippen LogP contribution is 2.31. The molecule has 198 valence electrons. The zero-order valence-electron chi connectivity index (χ0n) is 24.0. The lowest BCUT2D eigenvalue weighted by molar-refractivity contribution is 1.40. The van der Waals surface area contributed by atoms with Gasteiger partial charge in [0.05, 0.1) is 0 Å². The van der Waals surface area contributed by atoms with Crippen molar-refractivity contribution in [1.82, 2.24) is 0 Å². The van der Waals surface area contributed by atoms with E-state index in [-0.39, 0.29) is 0 Å². The van der Waals surface area contributed by atoms with Crippen LogP contribution in [-0.4, -0.2) is 0 Å². The van der Waals surface area contributed by atoms with E-state index in [1.807, 2.05) is 30.3 Å². The molecule has 0 amide bonds. The van der Waals surface area contributed by atoms with E-state index in [1.54, 1.807) is 0 Å². The fourth-order valence-corrected chi connectivity index (χ4v) is 4.51. The third-order valence-corrected chi connectivity index (χ3v) is 6.88. The summed E-state index contributed by atoms with van der Waals surface area (Å²) in [5, 5.41) is 0. The van der Waals surface area contributed by atoms with Crippen molar-refractivity contribution >= 4 is 0 Å². The second-order valence-corrected chi connectivity index (χ2v) is 10.1. The summed E-state index contributed by atoms with van der Waals surface area (Å²) in [4.78, 5) is 0. The maximum absolute atomic E-state index is 2.31. The van der Waals surface area contributed by atoms with Gasteiger partial charge >= 0.3 is 0 Å². The summed E-state index contributed by atoms with van der Waals surface area (Å²) in [5.41, 5.74) is 13.0. The molecule has 40 heavy (non-hydrogen) atoms. The predicted molar refractivity (Wildman–Crippen MR) is 175 cm³/mol. The molecule has 0 saturated heterocycles. The van der Waals surface area contributed by atoms with Crippen LogP contribution in [0.2, 0.25) is 0 Å². The first-order chi connectivity index (χ1) is 19.5. The first-order valence-electron chi connectivity index (χ1n) is 13.9. The molecule has 0 heteroatoms. The van der Waals surface area contributed by atoms with Gasteiger partial charge in [-0.1, -0.05) is 163 Å². The van der Waals surface area contributed by atoms with Crippen LogP contribution < -0.4 is 0 Å². The zero-order valence-corrected chi connectivity index (χ0v) is 24.0. The van der Waals surface area contributed by atoms with Crippen LogP contribution in [0, 0.1) is 27.7 Å². The molecule has 0 atom stereocenters. The van der Waals surface area contributed by atoms with E-state index in [0.717, 1.165) is 0 Å². The van der Waals surface area contributed by atoms with E-state index < -0.39 is 0 Å². The molecule has 0 bridgehead atoms.